The van der Waals surface area contributed by atoms with Gasteiger partial charge >= 0.3 is 0 Å². The molecule has 7 nitrogen and oxygen atoms in total. The van der Waals surface area contributed by atoms with E-state index in [1.807, 2.05) is 24.3 Å². The lowest BCUT2D eigenvalue weighted by Gasteiger charge is -2.28. The SMILES string of the molecule is O=C(NC1CCCCNC1=O)c1ccc(CN2C(=O)CSc3ccccc32)o1. The molecule has 28 heavy (non-hydrogen) atoms. The van der Waals surface area contributed by atoms with Gasteiger partial charge in [-0.25, -0.2) is 0 Å². The first kappa shape index (κ1) is 18.6. The highest BCUT2D eigenvalue weighted by atomic mass is 32.2. The summed E-state index contributed by atoms with van der Waals surface area (Å²) in [5.41, 5.74) is 0.848. The molecule has 0 bridgehead atoms. The number of carbonyl (C=O) groups is 3. The van der Waals surface area contributed by atoms with Crippen molar-refractivity contribution in [3.8, 4) is 0 Å². The lowest BCUT2D eigenvalue weighted by molar-refractivity contribution is -0.122. The van der Waals surface area contributed by atoms with Gasteiger partial charge in [-0.3, -0.25) is 14.4 Å². The Kier molecular flexibility index (Phi) is 5.38. The van der Waals surface area contributed by atoms with E-state index in [1.165, 1.54) is 11.8 Å². The number of furan rings is 1. The molecule has 3 amide bonds. The second-order valence-electron chi connectivity index (χ2n) is 6.82. The molecule has 2 aromatic rings. The Morgan fingerprint density at radius 1 is 1.21 bits per heavy atom. The number of rotatable bonds is 4. The molecule has 1 aromatic carbocycles. The van der Waals surface area contributed by atoms with Gasteiger partial charge in [-0.15, -0.1) is 11.8 Å². The van der Waals surface area contributed by atoms with Crippen molar-refractivity contribution in [1.29, 1.82) is 0 Å². The van der Waals surface area contributed by atoms with Crippen molar-refractivity contribution in [3.05, 3.63) is 47.9 Å². The van der Waals surface area contributed by atoms with Gasteiger partial charge in [0.05, 0.1) is 18.0 Å². The van der Waals surface area contributed by atoms with E-state index >= 15 is 0 Å². The van der Waals surface area contributed by atoms with Crippen LogP contribution in [0.25, 0.3) is 0 Å². The smallest absolute Gasteiger partial charge is 0.287 e. The lowest BCUT2D eigenvalue weighted by Crippen LogP contribution is -2.45. The number of hydrogen-bond acceptors (Lipinski definition) is 5. The van der Waals surface area contributed by atoms with Gasteiger partial charge in [-0.05, 0) is 43.5 Å². The first-order valence-electron chi connectivity index (χ1n) is 9.31. The number of para-hydroxylation sites is 1. The standard InChI is InChI=1S/C20H21N3O4S/c24-18-12-28-17-7-2-1-6-15(17)23(18)11-13-8-9-16(27-13)20(26)22-14-5-3-4-10-21-19(14)25/h1-2,6-9,14H,3-5,10-12H2,(H,21,25)(H,22,26). The minimum absolute atomic E-state index is 0.00114. The van der Waals surface area contributed by atoms with Crippen LogP contribution in [0.2, 0.25) is 0 Å². The van der Waals surface area contributed by atoms with Crippen molar-refractivity contribution in [2.45, 2.75) is 36.7 Å². The Morgan fingerprint density at radius 3 is 2.96 bits per heavy atom. The van der Waals surface area contributed by atoms with Gasteiger partial charge in [0.25, 0.3) is 5.91 Å². The zero-order chi connectivity index (χ0) is 19.5. The first-order valence-corrected chi connectivity index (χ1v) is 10.3. The fourth-order valence-corrected chi connectivity index (χ4v) is 4.31. The number of hydrogen-bond donors (Lipinski definition) is 2. The fourth-order valence-electron chi connectivity index (χ4n) is 3.37. The molecule has 0 aliphatic carbocycles. The summed E-state index contributed by atoms with van der Waals surface area (Å²) >= 11 is 1.52. The lowest BCUT2D eigenvalue weighted by atomic mass is 10.1. The van der Waals surface area contributed by atoms with Crippen molar-refractivity contribution >= 4 is 35.2 Å². The molecule has 2 N–H and O–H groups in total. The minimum atomic E-state index is -0.545. The zero-order valence-electron chi connectivity index (χ0n) is 15.3. The average molecular weight is 399 g/mol. The molecule has 1 aromatic heterocycles. The maximum atomic E-state index is 12.5. The molecule has 8 heteroatoms. The van der Waals surface area contributed by atoms with E-state index in [0.29, 0.717) is 24.5 Å². The van der Waals surface area contributed by atoms with Crippen LogP contribution in [0.1, 0.15) is 35.6 Å². The highest BCUT2D eigenvalue weighted by Crippen LogP contribution is 2.35. The van der Waals surface area contributed by atoms with Gasteiger partial charge in [0, 0.05) is 11.4 Å². The third-order valence-electron chi connectivity index (χ3n) is 4.85. The Balaban J connectivity index is 1.45. The van der Waals surface area contributed by atoms with E-state index in [0.717, 1.165) is 23.4 Å². The third kappa shape index (κ3) is 3.91. The van der Waals surface area contributed by atoms with Crippen LogP contribution in [-0.4, -0.2) is 36.1 Å². The average Bonchev–Trinajstić information content (AvgIpc) is 3.08. The largest absolute Gasteiger partial charge is 0.454 e. The Labute approximate surface area is 166 Å². The van der Waals surface area contributed by atoms with Gasteiger partial charge in [-0.1, -0.05) is 12.1 Å². The van der Waals surface area contributed by atoms with Crippen LogP contribution >= 0.6 is 11.8 Å². The van der Waals surface area contributed by atoms with Crippen molar-refractivity contribution in [3.63, 3.8) is 0 Å². The summed E-state index contributed by atoms with van der Waals surface area (Å²) in [6.45, 7) is 0.896. The van der Waals surface area contributed by atoms with Crippen molar-refractivity contribution in [2.75, 3.05) is 17.2 Å². The van der Waals surface area contributed by atoms with Crippen LogP contribution in [0.4, 0.5) is 5.69 Å². The summed E-state index contributed by atoms with van der Waals surface area (Å²) in [6.07, 6.45) is 2.40. The van der Waals surface area contributed by atoms with Crippen LogP contribution < -0.4 is 15.5 Å². The number of carbonyl (C=O) groups excluding carboxylic acids is 3. The number of nitrogens with one attached hydrogen (secondary N) is 2. The number of anilines is 1. The highest BCUT2D eigenvalue weighted by Gasteiger charge is 2.27. The van der Waals surface area contributed by atoms with E-state index in [4.69, 9.17) is 4.42 Å². The molecular weight excluding hydrogens is 378 g/mol. The second kappa shape index (κ2) is 8.10. The summed E-state index contributed by atoms with van der Waals surface area (Å²) in [5, 5.41) is 5.53. The van der Waals surface area contributed by atoms with Crippen LogP contribution in [0, 0.1) is 0 Å². The van der Waals surface area contributed by atoms with Crippen molar-refractivity contribution < 1.29 is 18.8 Å². The molecule has 146 valence electrons. The van der Waals surface area contributed by atoms with Crippen molar-refractivity contribution in [2.24, 2.45) is 0 Å². The molecule has 1 unspecified atom stereocenters. The van der Waals surface area contributed by atoms with Gasteiger partial charge in [0.2, 0.25) is 11.8 Å². The number of nitrogens with zero attached hydrogens (tertiary/aromatic N) is 1. The summed E-state index contributed by atoms with van der Waals surface area (Å²) in [6, 6.07) is 10.5. The predicted molar refractivity (Wildman–Crippen MR) is 105 cm³/mol. The van der Waals surface area contributed by atoms with Crippen LogP contribution in [0.15, 0.2) is 45.7 Å². The number of fused-ring (bicyclic) bond motifs is 1. The predicted octanol–water partition coefficient (Wildman–Crippen LogP) is 2.32. The highest BCUT2D eigenvalue weighted by molar-refractivity contribution is 8.00. The Hall–Kier alpha value is -2.74. The van der Waals surface area contributed by atoms with Gasteiger partial charge in [-0.2, -0.15) is 0 Å². The molecule has 3 heterocycles. The molecule has 2 aliphatic heterocycles. The topological polar surface area (TPSA) is 91.7 Å². The van der Waals surface area contributed by atoms with E-state index in [2.05, 4.69) is 10.6 Å². The zero-order valence-corrected chi connectivity index (χ0v) is 16.1. The third-order valence-corrected chi connectivity index (χ3v) is 5.90. The minimum Gasteiger partial charge on any atom is -0.454 e. The molecule has 0 spiro atoms. The molecule has 4 rings (SSSR count). The second-order valence-corrected chi connectivity index (χ2v) is 7.83. The van der Waals surface area contributed by atoms with E-state index < -0.39 is 11.9 Å². The number of benzene rings is 1. The monoisotopic (exact) mass is 399 g/mol. The van der Waals surface area contributed by atoms with E-state index in [-0.39, 0.29) is 24.1 Å². The van der Waals surface area contributed by atoms with Crippen LogP contribution in [-0.2, 0) is 16.1 Å². The van der Waals surface area contributed by atoms with Crippen LogP contribution in [0.3, 0.4) is 0 Å². The molecular formula is C20H21N3O4S. The first-order chi connectivity index (χ1) is 13.6. The van der Waals surface area contributed by atoms with E-state index in [9.17, 15) is 14.4 Å². The Morgan fingerprint density at radius 2 is 2.07 bits per heavy atom. The molecule has 2 aliphatic rings. The summed E-state index contributed by atoms with van der Waals surface area (Å²) in [5.74, 6) is 0.452. The molecule has 1 fully saturated rings. The van der Waals surface area contributed by atoms with Gasteiger partial charge in [0.15, 0.2) is 5.76 Å². The quantitative estimate of drug-likeness (QED) is 0.823. The van der Waals surface area contributed by atoms with Crippen LogP contribution in [0.5, 0.6) is 0 Å². The van der Waals surface area contributed by atoms with Crippen molar-refractivity contribution in [1.82, 2.24) is 10.6 Å². The summed E-state index contributed by atoms with van der Waals surface area (Å²) in [4.78, 5) is 39.6. The van der Waals surface area contributed by atoms with Gasteiger partial charge in [0.1, 0.15) is 11.8 Å². The maximum Gasteiger partial charge on any atom is 0.287 e. The normalized spacial score (nSPS) is 19.6. The molecule has 0 saturated carbocycles. The molecule has 1 saturated heterocycles. The fraction of sp³-hybridized carbons (Fsp3) is 0.350. The molecule has 0 radical (unpaired) electrons. The number of thioether (sulfide) groups is 1. The summed E-state index contributed by atoms with van der Waals surface area (Å²) in [7, 11) is 0. The molecule has 1 atom stereocenters. The van der Waals surface area contributed by atoms with E-state index in [1.54, 1.807) is 17.0 Å². The number of amides is 3. The van der Waals surface area contributed by atoms with Gasteiger partial charge < -0.3 is 20.0 Å². The Bertz CT molecular complexity index is 910. The maximum absolute atomic E-state index is 12.5. The summed E-state index contributed by atoms with van der Waals surface area (Å²) < 4.78 is 5.68.